The second kappa shape index (κ2) is 23.3. The number of hydrogen-bond acceptors (Lipinski definition) is 8. The zero-order valence-electron chi connectivity index (χ0n) is 24.9. The molecular weight excluding hydrogens is 547 g/mol. The van der Waals surface area contributed by atoms with Crippen molar-refractivity contribution < 1.29 is 69.4 Å². The molecule has 0 spiro atoms. The molecule has 0 aromatic heterocycles. The maximum Gasteiger partial charge on any atom is 1.00 e. The first kappa shape index (κ1) is 39.9. The van der Waals surface area contributed by atoms with Crippen LogP contribution >= 0.6 is 0 Å². The summed E-state index contributed by atoms with van der Waals surface area (Å²) in [5.74, 6) is 4.68. The van der Waals surface area contributed by atoms with Crippen molar-refractivity contribution in [3.63, 3.8) is 0 Å². The van der Waals surface area contributed by atoms with Gasteiger partial charge in [-0.3, -0.25) is 4.79 Å². The zero-order chi connectivity index (χ0) is 30.6. The molecule has 0 heterocycles. The summed E-state index contributed by atoms with van der Waals surface area (Å²) < 4.78 is 4.56. The topological polar surface area (TPSA) is 147 Å². The molecule has 2 saturated carbocycles. The quantitative estimate of drug-likeness (QED) is 0.0702. The van der Waals surface area contributed by atoms with Gasteiger partial charge in [0.25, 0.3) is 0 Å². The molecule has 8 atom stereocenters. The summed E-state index contributed by atoms with van der Waals surface area (Å²) in [6.45, 7) is 0. The summed E-state index contributed by atoms with van der Waals surface area (Å²) in [5.41, 5.74) is 0. The molecule has 8 nitrogen and oxygen atoms in total. The monoisotopic (exact) mass is 592 g/mol. The van der Waals surface area contributed by atoms with E-state index in [0.717, 1.165) is 12.8 Å². The van der Waals surface area contributed by atoms with Crippen molar-refractivity contribution in [2.45, 2.75) is 88.6 Å². The molecule has 0 aromatic carbocycles. The van der Waals surface area contributed by atoms with E-state index in [1.165, 1.54) is 7.11 Å². The number of ether oxygens (including phenoxy) is 1. The number of hydrogen-bond donors (Lipinski definition) is 4. The summed E-state index contributed by atoms with van der Waals surface area (Å²) in [5, 5.41) is 48.9. The van der Waals surface area contributed by atoms with Crippen LogP contribution in [-0.2, 0) is 14.3 Å². The fraction of sp³-hybridized carbons (Fsp3) is 0.576. The molecule has 4 N–H and O–H groups in total. The Labute approximate surface area is 272 Å². The number of allylic oxidation sites excluding steroid dienone is 6. The molecule has 42 heavy (non-hydrogen) atoms. The van der Waals surface area contributed by atoms with E-state index < -0.39 is 24.3 Å². The molecular formula is C33H45NaO8. The maximum atomic E-state index is 11.0. The predicted molar refractivity (Wildman–Crippen MR) is 155 cm³/mol. The van der Waals surface area contributed by atoms with Crippen LogP contribution in [0.5, 0.6) is 0 Å². The molecule has 2 rings (SSSR count). The molecule has 0 saturated heterocycles. The van der Waals surface area contributed by atoms with Gasteiger partial charge in [0, 0.05) is 25.2 Å². The minimum absolute atomic E-state index is 0. The number of methoxy groups -OCH3 is 1. The number of rotatable bonds is 18. The van der Waals surface area contributed by atoms with E-state index in [4.69, 9.17) is 12.8 Å². The first-order valence-electron chi connectivity index (χ1n) is 14.2. The Hall–Kier alpha value is -2.14. The van der Waals surface area contributed by atoms with Gasteiger partial charge in [0.2, 0.25) is 0 Å². The maximum absolute atomic E-state index is 11.0. The second-order valence-electron chi connectivity index (χ2n) is 10.5. The Bertz CT molecular complexity index is 989. The minimum Gasteiger partial charge on any atom is -0.550 e. The van der Waals surface area contributed by atoms with Crippen molar-refractivity contribution in [2.24, 2.45) is 23.7 Å². The van der Waals surface area contributed by atoms with Gasteiger partial charge >= 0.3 is 35.5 Å². The standard InChI is InChI=1S/C17H24O4.C16H22O4.Na/c1-3-7-14(18)9-5-4-8-13-12-15(13)16(19)10-6-11-17(20)21-2;1-2-6-13(17)8-4-3-7-12-11-14(12)15(18)9-5-10-16(19)20;/h1,4-5,8-9,13-16,18-19H,6-7,10-12H2,2H3;1,3-4,7-8,12-15,17-18H,5-6,9-11H2,(H,19,20);/q;;+1/p-1/b8-4+,9-5+;7-3+,8-4+;/t13-,14-,15+,16+;12-,13-,14+,15+;/m11./s1. The fourth-order valence-electron chi connectivity index (χ4n) is 4.42. The van der Waals surface area contributed by atoms with Crippen molar-refractivity contribution in [3.05, 3.63) is 48.6 Å². The number of terminal acetylenes is 2. The van der Waals surface area contributed by atoms with Gasteiger partial charge in [0.05, 0.1) is 31.5 Å². The van der Waals surface area contributed by atoms with Crippen LogP contribution in [0.15, 0.2) is 48.6 Å². The molecule has 0 aliphatic heterocycles. The Balaban J connectivity index is 0.000000783. The van der Waals surface area contributed by atoms with Gasteiger partial charge in [-0.05, 0) is 68.6 Å². The van der Waals surface area contributed by atoms with Gasteiger partial charge < -0.3 is 35.1 Å². The number of carbonyl (C=O) groups is 2. The average Bonchev–Trinajstić information content (AvgIpc) is 3.85. The van der Waals surface area contributed by atoms with Crippen LogP contribution in [0.3, 0.4) is 0 Å². The van der Waals surface area contributed by atoms with E-state index in [1.54, 1.807) is 24.3 Å². The average molecular weight is 593 g/mol. The van der Waals surface area contributed by atoms with Crippen LogP contribution in [0, 0.1) is 48.4 Å². The number of carbonyl (C=O) groups excluding carboxylic acids is 2. The number of carboxylic acid groups (broad SMARTS) is 1. The van der Waals surface area contributed by atoms with E-state index in [-0.39, 0.29) is 59.9 Å². The van der Waals surface area contributed by atoms with Gasteiger partial charge in [0.1, 0.15) is 0 Å². The van der Waals surface area contributed by atoms with E-state index in [9.17, 15) is 35.1 Å². The van der Waals surface area contributed by atoms with E-state index in [2.05, 4.69) is 16.6 Å². The third-order valence-corrected chi connectivity index (χ3v) is 7.02. The molecule has 2 fully saturated rings. The van der Waals surface area contributed by atoms with Crippen molar-refractivity contribution >= 4 is 11.9 Å². The number of carboxylic acids is 1. The molecule has 2 aliphatic carbocycles. The number of aliphatic carboxylic acids is 1. The van der Waals surface area contributed by atoms with Crippen LogP contribution < -0.4 is 34.7 Å². The zero-order valence-corrected chi connectivity index (χ0v) is 26.9. The van der Waals surface area contributed by atoms with Gasteiger partial charge in [-0.25, -0.2) is 0 Å². The van der Waals surface area contributed by atoms with Gasteiger partial charge in [-0.2, -0.15) is 0 Å². The molecule has 0 amide bonds. The molecule has 2 aliphatic rings. The van der Waals surface area contributed by atoms with Crippen LogP contribution in [0.2, 0.25) is 0 Å². The summed E-state index contributed by atoms with van der Waals surface area (Å²) >= 11 is 0. The van der Waals surface area contributed by atoms with Crippen LogP contribution in [0.1, 0.15) is 64.2 Å². The minimum atomic E-state index is -1.07. The summed E-state index contributed by atoms with van der Waals surface area (Å²) in [6, 6.07) is 0. The van der Waals surface area contributed by atoms with E-state index in [1.807, 2.05) is 24.3 Å². The SMILES string of the molecule is C#CC[C@@H](O)/C=C/C=C/[C@@H]1C[C@@H]1[C@@H](O)CCCC(=O)OC.C#CC[C@@H](O)/C=C/C=C/[C@@H]1C[C@@H]1[C@@H](O)CCCC(=O)[O-].[Na+]. The smallest absolute Gasteiger partial charge is 0.550 e. The van der Waals surface area contributed by atoms with Crippen LogP contribution in [-0.4, -0.2) is 63.9 Å². The number of aliphatic hydroxyl groups is 4. The van der Waals surface area contributed by atoms with Gasteiger partial charge in [-0.1, -0.05) is 48.6 Å². The number of esters is 1. The first-order valence-corrected chi connectivity index (χ1v) is 14.2. The Morgan fingerprint density at radius 2 is 1.26 bits per heavy atom. The van der Waals surface area contributed by atoms with E-state index >= 15 is 0 Å². The van der Waals surface area contributed by atoms with E-state index in [0.29, 0.717) is 56.8 Å². The second-order valence-corrected chi connectivity index (χ2v) is 10.5. The van der Waals surface area contributed by atoms with Crippen molar-refractivity contribution in [1.29, 1.82) is 0 Å². The van der Waals surface area contributed by atoms with Gasteiger partial charge in [0.15, 0.2) is 0 Å². The molecule has 0 bridgehead atoms. The summed E-state index contributed by atoms with van der Waals surface area (Å²) in [7, 11) is 1.37. The largest absolute Gasteiger partial charge is 1.00 e. The van der Waals surface area contributed by atoms with Crippen LogP contribution in [0.4, 0.5) is 0 Å². The van der Waals surface area contributed by atoms with Crippen molar-refractivity contribution in [3.8, 4) is 24.7 Å². The molecule has 0 aromatic rings. The summed E-state index contributed by atoms with van der Waals surface area (Å²) in [6.07, 6.45) is 27.8. The van der Waals surface area contributed by atoms with Crippen LogP contribution in [0.25, 0.3) is 0 Å². The molecule has 9 heteroatoms. The van der Waals surface area contributed by atoms with Crippen molar-refractivity contribution in [1.82, 2.24) is 0 Å². The normalized spacial score (nSPS) is 23.7. The third-order valence-electron chi connectivity index (χ3n) is 7.02. The Morgan fingerprint density at radius 1 is 0.833 bits per heavy atom. The Kier molecular flexibility index (Phi) is 22.1. The molecule has 226 valence electrons. The third kappa shape index (κ3) is 19.1. The first-order chi connectivity index (χ1) is 19.6. The number of aliphatic hydroxyl groups excluding tert-OH is 4. The molecule has 0 unspecified atom stereocenters. The van der Waals surface area contributed by atoms with Crippen molar-refractivity contribution in [2.75, 3.05) is 7.11 Å². The predicted octanol–water partition coefficient (Wildman–Crippen LogP) is -0.772. The van der Waals surface area contributed by atoms with Gasteiger partial charge in [-0.15, -0.1) is 24.7 Å². The summed E-state index contributed by atoms with van der Waals surface area (Å²) in [4.78, 5) is 21.2. The molecule has 0 radical (unpaired) electrons. The Morgan fingerprint density at radius 3 is 1.64 bits per heavy atom. The fourth-order valence-corrected chi connectivity index (χ4v) is 4.42.